The standard InChI is InChI=1S/C21H22F2/c1-2-3-4-5-15-6-8-16(9-7-15)17-10-11-20-18(12-17)13-19(22)14-21(20)23/h6-10,13-14H,2-5,11-12H2,1H3. The largest absolute Gasteiger partial charge is 0.207 e. The molecule has 1 aliphatic rings. The molecule has 0 unspecified atom stereocenters. The van der Waals surface area contributed by atoms with Crippen molar-refractivity contribution < 1.29 is 8.78 Å². The van der Waals surface area contributed by atoms with E-state index < -0.39 is 11.6 Å². The van der Waals surface area contributed by atoms with Gasteiger partial charge in [0, 0.05) is 6.07 Å². The van der Waals surface area contributed by atoms with Gasteiger partial charge in [-0.3, -0.25) is 0 Å². The van der Waals surface area contributed by atoms with Gasteiger partial charge in [-0.2, -0.15) is 0 Å². The summed E-state index contributed by atoms with van der Waals surface area (Å²) in [5.74, 6) is -0.921. The van der Waals surface area contributed by atoms with Gasteiger partial charge in [0.1, 0.15) is 11.6 Å². The number of allylic oxidation sites excluding steroid dienone is 2. The zero-order chi connectivity index (χ0) is 16.2. The molecule has 0 aliphatic heterocycles. The Morgan fingerprint density at radius 3 is 2.52 bits per heavy atom. The van der Waals surface area contributed by atoms with Crippen molar-refractivity contribution in [2.75, 3.05) is 0 Å². The molecule has 0 amide bonds. The van der Waals surface area contributed by atoms with E-state index in [1.807, 2.05) is 0 Å². The monoisotopic (exact) mass is 312 g/mol. The van der Waals surface area contributed by atoms with Crippen LogP contribution in [0.3, 0.4) is 0 Å². The molecular formula is C21H22F2. The summed E-state index contributed by atoms with van der Waals surface area (Å²) in [6.45, 7) is 2.21. The average molecular weight is 312 g/mol. The van der Waals surface area contributed by atoms with Crippen LogP contribution in [0.4, 0.5) is 8.78 Å². The number of hydrogen-bond acceptors (Lipinski definition) is 0. The second kappa shape index (κ2) is 7.08. The molecule has 0 N–H and O–H groups in total. The van der Waals surface area contributed by atoms with Crippen LogP contribution in [0, 0.1) is 11.6 Å². The molecule has 0 bridgehead atoms. The Balaban J connectivity index is 1.74. The highest BCUT2D eigenvalue weighted by molar-refractivity contribution is 5.70. The summed E-state index contributed by atoms with van der Waals surface area (Å²) in [4.78, 5) is 0. The molecule has 2 aromatic carbocycles. The van der Waals surface area contributed by atoms with E-state index in [1.165, 1.54) is 30.9 Å². The molecule has 2 aromatic rings. The molecule has 120 valence electrons. The van der Waals surface area contributed by atoms with Crippen molar-refractivity contribution in [3.05, 3.63) is 76.4 Å². The highest BCUT2D eigenvalue weighted by Crippen LogP contribution is 2.30. The number of unbranched alkanes of at least 4 members (excludes halogenated alkanes) is 2. The number of hydrogen-bond donors (Lipinski definition) is 0. The normalized spacial score (nSPS) is 13.6. The molecule has 0 saturated heterocycles. The van der Waals surface area contributed by atoms with E-state index >= 15 is 0 Å². The fraction of sp³-hybridized carbons (Fsp3) is 0.333. The summed E-state index contributed by atoms with van der Waals surface area (Å²) < 4.78 is 27.2. The summed E-state index contributed by atoms with van der Waals surface area (Å²) in [6, 6.07) is 11.1. The molecule has 2 heteroatoms. The second-order valence-electron chi connectivity index (χ2n) is 6.29. The van der Waals surface area contributed by atoms with Gasteiger partial charge in [0.2, 0.25) is 0 Å². The Kier molecular flexibility index (Phi) is 4.90. The lowest BCUT2D eigenvalue weighted by molar-refractivity contribution is 0.571. The smallest absolute Gasteiger partial charge is 0.129 e. The maximum atomic E-state index is 13.8. The van der Waals surface area contributed by atoms with Crippen LogP contribution < -0.4 is 0 Å². The number of benzene rings is 2. The van der Waals surface area contributed by atoms with Crippen molar-refractivity contribution in [1.82, 2.24) is 0 Å². The van der Waals surface area contributed by atoms with Gasteiger partial charge in [-0.1, -0.05) is 50.1 Å². The van der Waals surface area contributed by atoms with Crippen LogP contribution in [0.25, 0.3) is 5.57 Å². The molecule has 0 radical (unpaired) electrons. The van der Waals surface area contributed by atoms with Crippen molar-refractivity contribution in [2.24, 2.45) is 0 Å². The maximum Gasteiger partial charge on any atom is 0.129 e. The fourth-order valence-electron chi connectivity index (χ4n) is 3.23. The van der Waals surface area contributed by atoms with E-state index in [1.54, 1.807) is 0 Å². The highest BCUT2D eigenvalue weighted by Gasteiger charge is 2.17. The molecule has 0 fully saturated rings. The summed E-state index contributed by atoms with van der Waals surface area (Å²) in [6.07, 6.45) is 8.04. The minimum absolute atomic E-state index is 0.429. The quantitative estimate of drug-likeness (QED) is 0.605. The molecular weight excluding hydrogens is 290 g/mol. The summed E-state index contributed by atoms with van der Waals surface area (Å²) in [5.41, 5.74) is 5.07. The first-order valence-corrected chi connectivity index (χ1v) is 8.42. The SMILES string of the molecule is CCCCCc1ccc(C2=CCc3c(F)cc(F)cc3C2)cc1. The lowest BCUT2D eigenvalue weighted by Crippen LogP contribution is -2.06. The van der Waals surface area contributed by atoms with Gasteiger partial charge >= 0.3 is 0 Å². The van der Waals surface area contributed by atoms with Crippen LogP contribution in [0.5, 0.6) is 0 Å². The second-order valence-corrected chi connectivity index (χ2v) is 6.29. The topological polar surface area (TPSA) is 0 Å². The van der Waals surface area contributed by atoms with Gasteiger partial charge in [-0.05, 0) is 59.6 Å². The number of halogens is 2. The number of rotatable bonds is 5. The zero-order valence-electron chi connectivity index (χ0n) is 13.5. The molecule has 0 spiro atoms. The average Bonchev–Trinajstić information content (AvgIpc) is 2.55. The Morgan fingerprint density at radius 1 is 1.00 bits per heavy atom. The van der Waals surface area contributed by atoms with Gasteiger partial charge in [0.05, 0.1) is 0 Å². The highest BCUT2D eigenvalue weighted by atomic mass is 19.1. The van der Waals surface area contributed by atoms with Crippen molar-refractivity contribution in [3.8, 4) is 0 Å². The van der Waals surface area contributed by atoms with Crippen LogP contribution in [-0.4, -0.2) is 0 Å². The Bertz CT molecular complexity index is 711. The first-order chi connectivity index (χ1) is 11.2. The van der Waals surface area contributed by atoms with E-state index in [2.05, 4.69) is 37.3 Å². The predicted molar refractivity (Wildman–Crippen MR) is 91.4 cm³/mol. The third-order valence-electron chi connectivity index (χ3n) is 4.58. The Hall–Kier alpha value is -1.96. The van der Waals surface area contributed by atoms with Gasteiger partial charge in [0.25, 0.3) is 0 Å². The van der Waals surface area contributed by atoms with E-state index in [4.69, 9.17) is 0 Å². The molecule has 23 heavy (non-hydrogen) atoms. The molecule has 3 rings (SSSR count). The Morgan fingerprint density at radius 2 is 1.78 bits per heavy atom. The Labute approximate surface area is 136 Å². The zero-order valence-corrected chi connectivity index (χ0v) is 13.5. The van der Waals surface area contributed by atoms with Crippen LogP contribution in [0.1, 0.15) is 48.4 Å². The van der Waals surface area contributed by atoms with Gasteiger partial charge in [-0.15, -0.1) is 0 Å². The number of aryl methyl sites for hydroxylation is 1. The fourth-order valence-corrected chi connectivity index (χ4v) is 3.23. The summed E-state index contributed by atoms with van der Waals surface area (Å²) in [7, 11) is 0. The molecule has 0 atom stereocenters. The molecule has 1 aliphatic carbocycles. The van der Waals surface area contributed by atoms with Gasteiger partial charge in [0.15, 0.2) is 0 Å². The van der Waals surface area contributed by atoms with Crippen LogP contribution in [0.15, 0.2) is 42.5 Å². The lowest BCUT2D eigenvalue weighted by atomic mass is 9.87. The lowest BCUT2D eigenvalue weighted by Gasteiger charge is -2.18. The van der Waals surface area contributed by atoms with Crippen LogP contribution in [-0.2, 0) is 19.3 Å². The number of fused-ring (bicyclic) bond motifs is 1. The van der Waals surface area contributed by atoms with E-state index in [0.717, 1.165) is 29.2 Å². The first-order valence-electron chi connectivity index (χ1n) is 8.42. The van der Waals surface area contributed by atoms with E-state index in [-0.39, 0.29) is 0 Å². The molecule has 0 heterocycles. The van der Waals surface area contributed by atoms with Gasteiger partial charge < -0.3 is 0 Å². The minimum Gasteiger partial charge on any atom is -0.207 e. The molecule has 0 saturated carbocycles. The molecule has 0 aromatic heterocycles. The van der Waals surface area contributed by atoms with E-state index in [9.17, 15) is 8.78 Å². The minimum atomic E-state index is -0.492. The van der Waals surface area contributed by atoms with Crippen molar-refractivity contribution in [2.45, 2.75) is 45.4 Å². The van der Waals surface area contributed by atoms with Gasteiger partial charge in [-0.25, -0.2) is 8.78 Å². The maximum absolute atomic E-state index is 13.8. The van der Waals surface area contributed by atoms with E-state index in [0.29, 0.717) is 18.4 Å². The van der Waals surface area contributed by atoms with Crippen molar-refractivity contribution >= 4 is 5.57 Å². The predicted octanol–water partition coefficient (Wildman–Crippen LogP) is 5.88. The van der Waals surface area contributed by atoms with Crippen molar-refractivity contribution in [3.63, 3.8) is 0 Å². The third kappa shape index (κ3) is 3.69. The van der Waals surface area contributed by atoms with Crippen molar-refractivity contribution in [1.29, 1.82) is 0 Å². The third-order valence-corrected chi connectivity index (χ3v) is 4.58. The van der Waals surface area contributed by atoms with Crippen LogP contribution >= 0.6 is 0 Å². The molecule has 0 nitrogen and oxygen atoms in total. The summed E-state index contributed by atoms with van der Waals surface area (Å²) in [5, 5.41) is 0. The first kappa shape index (κ1) is 15.9. The summed E-state index contributed by atoms with van der Waals surface area (Å²) >= 11 is 0. The van der Waals surface area contributed by atoms with Crippen LogP contribution in [0.2, 0.25) is 0 Å².